The smallest absolute Gasteiger partial charge is 0.322 e. The molecule has 0 spiro atoms. The van der Waals surface area contributed by atoms with Crippen LogP contribution in [0.4, 0.5) is 0 Å². The lowest BCUT2D eigenvalue weighted by Crippen LogP contribution is -2.33. The van der Waals surface area contributed by atoms with Crippen molar-refractivity contribution in [3.63, 3.8) is 0 Å². The number of aromatic nitrogens is 3. The summed E-state index contributed by atoms with van der Waals surface area (Å²) in [6, 6.07) is 1.39. The van der Waals surface area contributed by atoms with Gasteiger partial charge >= 0.3 is 5.97 Å². The first-order chi connectivity index (χ1) is 10.0. The standard InChI is InChI=1S/C13H16N4O4.ClH/c1-2-3-4-8-5-9(18)11(12-15-7-16-17(8)12)13(21)14-6-10(19)20;/h5,7H,2-4,6H2,1H3,(H,14,21)(H,15,16)(H,19,20);1H. The Balaban J connectivity index is 0.00000242. The van der Waals surface area contributed by atoms with Gasteiger partial charge in [-0.2, -0.15) is 0 Å². The van der Waals surface area contributed by atoms with Crippen molar-refractivity contribution < 1.29 is 14.7 Å². The maximum absolute atomic E-state index is 12.1. The molecular formula is C13H17ClN4O4. The number of nitrogens with zero attached hydrogens (tertiary/aromatic N) is 2. The lowest BCUT2D eigenvalue weighted by Gasteiger charge is -2.07. The number of hydrogen-bond donors (Lipinski definition) is 3. The van der Waals surface area contributed by atoms with Gasteiger partial charge in [-0.1, -0.05) is 13.3 Å². The Bertz CT molecular complexity index is 737. The van der Waals surface area contributed by atoms with Crippen molar-refractivity contribution in [2.75, 3.05) is 6.54 Å². The summed E-state index contributed by atoms with van der Waals surface area (Å²) in [6.45, 7) is 1.49. The normalized spacial score (nSPS) is 10.2. The monoisotopic (exact) mass is 328 g/mol. The van der Waals surface area contributed by atoms with E-state index in [2.05, 4.69) is 15.4 Å². The molecule has 9 heteroatoms. The van der Waals surface area contributed by atoms with E-state index in [1.54, 1.807) is 4.52 Å². The predicted molar refractivity (Wildman–Crippen MR) is 81.6 cm³/mol. The summed E-state index contributed by atoms with van der Waals surface area (Å²) in [5, 5.41) is 13.6. The van der Waals surface area contributed by atoms with Crippen LogP contribution in [0.1, 0.15) is 35.8 Å². The van der Waals surface area contributed by atoms with Crippen LogP contribution in [0.5, 0.6) is 0 Å². The van der Waals surface area contributed by atoms with E-state index in [9.17, 15) is 14.4 Å². The highest BCUT2D eigenvalue weighted by Gasteiger charge is 2.19. The molecule has 3 N–H and O–H groups in total. The van der Waals surface area contributed by atoms with Crippen LogP contribution in [-0.2, 0) is 11.2 Å². The zero-order chi connectivity index (χ0) is 15.4. The molecule has 0 radical (unpaired) electrons. The molecule has 0 unspecified atom stereocenters. The minimum Gasteiger partial charge on any atom is -0.480 e. The molecule has 0 atom stereocenters. The molecule has 1 amide bonds. The number of hydrogen-bond acceptors (Lipinski definition) is 4. The lowest BCUT2D eigenvalue weighted by molar-refractivity contribution is -0.135. The number of pyridine rings is 1. The van der Waals surface area contributed by atoms with Crippen LogP contribution in [0.15, 0.2) is 17.2 Å². The summed E-state index contributed by atoms with van der Waals surface area (Å²) in [5.74, 6) is -1.92. The van der Waals surface area contributed by atoms with E-state index in [0.717, 1.165) is 18.5 Å². The molecule has 22 heavy (non-hydrogen) atoms. The summed E-state index contributed by atoms with van der Waals surface area (Å²) in [4.78, 5) is 38.6. The minimum atomic E-state index is -1.18. The Morgan fingerprint density at radius 1 is 1.45 bits per heavy atom. The topological polar surface area (TPSA) is 117 Å². The summed E-state index contributed by atoms with van der Waals surface area (Å²) in [7, 11) is 0. The fourth-order valence-electron chi connectivity index (χ4n) is 2.06. The van der Waals surface area contributed by atoms with E-state index in [1.165, 1.54) is 12.4 Å². The number of rotatable bonds is 6. The van der Waals surface area contributed by atoms with Crippen LogP contribution in [-0.4, -0.2) is 38.1 Å². The molecule has 0 aliphatic heterocycles. The van der Waals surface area contributed by atoms with Crippen molar-refractivity contribution in [1.82, 2.24) is 19.9 Å². The van der Waals surface area contributed by atoms with E-state index >= 15 is 0 Å². The third-order valence-electron chi connectivity index (χ3n) is 3.05. The number of aliphatic carboxylic acids is 1. The van der Waals surface area contributed by atoms with Gasteiger partial charge in [0.05, 0.1) is 0 Å². The van der Waals surface area contributed by atoms with Gasteiger partial charge in [-0.25, -0.2) is 9.50 Å². The summed E-state index contributed by atoms with van der Waals surface area (Å²) >= 11 is 0. The number of unbranched alkanes of at least 4 members (excludes halogenated alkanes) is 1. The SMILES string of the molecule is CCCCc1cc(=O)c(C(=O)NCC(=O)O)c2nc[nH]n12.Cl. The van der Waals surface area contributed by atoms with Crippen LogP contribution in [0.25, 0.3) is 5.65 Å². The Morgan fingerprint density at radius 2 is 2.18 bits per heavy atom. The molecule has 2 aromatic rings. The largest absolute Gasteiger partial charge is 0.480 e. The van der Waals surface area contributed by atoms with Gasteiger partial charge in [-0.15, -0.1) is 12.4 Å². The van der Waals surface area contributed by atoms with Gasteiger partial charge in [0.1, 0.15) is 18.4 Å². The second-order valence-electron chi connectivity index (χ2n) is 4.60. The van der Waals surface area contributed by atoms with Gasteiger partial charge in [0.2, 0.25) is 0 Å². The van der Waals surface area contributed by atoms with E-state index in [1.807, 2.05) is 6.92 Å². The van der Waals surface area contributed by atoms with Crippen LogP contribution in [0, 0.1) is 0 Å². The number of amides is 1. The van der Waals surface area contributed by atoms with Gasteiger partial charge < -0.3 is 10.4 Å². The molecule has 2 rings (SSSR count). The van der Waals surface area contributed by atoms with Crippen molar-refractivity contribution >= 4 is 29.9 Å². The van der Waals surface area contributed by atoms with Crippen LogP contribution < -0.4 is 10.7 Å². The highest BCUT2D eigenvalue weighted by atomic mass is 35.5. The summed E-state index contributed by atoms with van der Waals surface area (Å²) in [6.07, 6.45) is 3.96. The third kappa shape index (κ3) is 3.64. The number of aryl methyl sites for hydroxylation is 1. The number of carboxylic acids is 1. The van der Waals surface area contributed by atoms with Gasteiger partial charge in [-0.05, 0) is 12.8 Å². The molecule has 2 heterocycles. The molecule has 0 saturated carbocycles. The van der Waals surface area contributed by atoms with Crippen molar-refractivity contribution in [2.45, 2.75) is 26.2 Å². The van der Waals surface area contributed by atoms with E-state index in [0.29, 0.717) is 6.42 Å². The quantitative estimate of drug-likeness (QED) is 0.718. The number of carbonyl (C=O) groups excluding carboxylic acids is 1. The minimum absolute atomic E-state index is 0. The number of halogens is 1. The van der Waals surface area contributed by atoms with Gasteiger partial charge in [0.15, 0.2) is 11.1 Å². The van der Waals surface area contributed by atoms with Crippen molar-refractivity contribution in [3.05, 3.63) is 33.9 Å². The Kier molecular flexibility index (Phi) is 6.11. The lowest BCUT2D eigenvalue weighted by atomic mass is 10.1. The molecule has 0 fully saturated rings. The number of nitrogens with one attached hydrogen (secondary N) is 2. The molecule has 0 aromatic carbocycles. The predicted octanol–water partition coefficient (Wildman–Crippen LogP) is 0.601. The fraction of sp³-hybridized carbons (Fsp3) is 0.385. The highest BCUT2D eigenvalue weighted by Crippen LogP contribution is 2.09. The number of aromatic amines is 1. The Morgan fingerprint density at radius 3 is 2.82 bits per heavy atom. The number of carbonyl (C=O) groups is 2. The van der Waals surface area contributed by atoms with Gasteiger partial charge in [0.25, 0.3) is 5.91 Å². The number of carboxylic acid groups (broad SMARTS) is 1. The van der Waals surface area contributed by atoms with Gasteiger partial charge in [0, 0.05) is 11.8 Å². The maximum Gasteiger partial charge on any atom is 0.322 e. The van der Waals surface area contributed by atoms with Crippen molar-refractivity contribution in [2.24, 2.45) is 0 Å². The first kappa shape index (κ1) is 17.7. The van der Waals surface area contributed by atoms with Crippen LogP contribution >= 0.6 is 12.4 Å². The molecule has 0 aliphatic carbocycles. The first-order valence-corrected chi connectivity index (χ1v) is 6.62. The van der Waals surface area contributed by atoms with E-state index < -0.39 is 23.9 Å². The zero-order valence-corrected chi connectivity index (χ0v) is 12.8. The fourth-order valence-corrected chi connectivity index (χ4v) is 2.06. The molecular weight excluding hydrogens is 312 g/mol. The molecule has 8 nitrogen and oxygen atoms in total. The average molecular weight is 329 g/mol. The van der Waals surface area contributed by atoms with E-state index in [4.69, 9.17) is 5.11 Å². The Labute approximate surface area is 131 Å². The first-order valence-electron chi connectivity index (χ1n) is 6.62. The van der Waals surface area contributed by atoms with Crippen molar-refractivity contribution in [3.8, 4) is 0 Å². The third-order valence-corrected chi connectivity index (χ3v) is 3.05. The molecule has 0 bridgehead atoms. The van der Waals surface area contributed by atoms with E-state index in [-0.39, 0.29) is 23.6 Å². The van der Waals surface area contributed by atoms with Gasteiger partial charge in [-0.3, -0.25) is 19.5 Å². The van der Waals surface area contributed by atoms with Crippen LogP contribution in [0.3, 0.4) is 0 Å². The average Bonchev–Trinajstić information content (AvgIpc) is 2.91. The molecule has 0 saturated heterocycles. The maximum atomic E-state index is 12.1. The second-order valence-corrected chi connectivity index (χ2v) is 4.60. The molecule has 120 valence electrons. The second kappa shape index (κ2) is 7.60. The number of H-pyrrole nitrogens is 1. The molecule has 0 aliphatic rings. The van der Waals surface area contributed by atoms with Crippen LogP contribution in [0.2, 0.25) is 0 Å². The molecule has 2 aromatic heterocycles. The highest BCUT2D eigenvalue weighted by molar-refractivity contribution is 6.00. The Hall–Kier alpha value is -2.35. The summed E-state index contributed by atoms with van der Waals surface area (Å²) in [5.41, 5.74) is 0.328. The number of fused-ring (bicyclic) bond motifs is 1. The van der Waals surface area contributed by atoms with Crippen molar-refractivity contribution in [1.29, 1.82) is 0 Å². The zero-order valence-electron chi connectivity index (χ0n) is 12.0. The summed E-state index contributed by atoms with van der Waals surface area (Å²) < 4.78 is 1.58.